The summed E-state index contributed by atoms with van der Waals surface area (Å²) in [6.07, 6.45) is 3.39. The molecule has 1 aromatic carbocycles. The molecule has 1 heterocycles. The van der Waals surface area contributed by atoms with E-state index in [1.807, 2.05) is 25.1 Å². The van der Waals surface area contributed by atoms with Crippen LogP contribution in [0.2, 0.25) is 5.02 Å². The molecule has 0 spiro atoms. The van der Waals surface area contributed by atoms with E-state index in [-0.39, 0.29) is 0 Å². The Morgan fingerprint density at radius 2 is 2.24 bits per heavy atom. The van der Waals surface area contributed by atoms with Crippen LogP contribution in [-0.2, 0) is 6.42 Å². The molecule has 2 N–H and O–H groups in total. The standard InChI is InChI=1S/C13H15ClN2O/c1-9-4-5-10(7-11(9)14)12-8-16-13(17-12)3-2-6-15/h4-5,7-8H,2-3,6,15H2,1H3. The summed E-state index contributed by atoms with van der Waals surface area (Å²) in [6, 6.07) is 5.85. The van der Waals surface area contributed by atoms with Gasteiger partial charge in [0, 0.05) is 17.0 Å². The summed E-state index contributed by atoms with van der Waals surface area (Å²) in [5, 5.41) is 0.738. The number of halogens is 1. The molecule has 0 amide bonds. The van der Waals surface area contributed by atoms with Gasteiger partial charge in [0.15, 0.2) is 11.7 Å². The van der Waals surface area contributed by atoms with Crippen molar-refractivity contribution in [3.8, 4) is 11.3 Å². The van der Waals surface area contributed by atoms with Gasteiger partial charge in [0.2, 0.25) is 0 Å². The van der Waals surface area contributed by atoms with Gasteiger partial charge in [0.05, 0.1) is 6.20 Å². The number of hydrogen-bond donors (Lipinski definition) is 1. The van der Waals surface area contributed by atoms with Crippen LogP contribution in [0, 0.1) is 6.92 Å². The molecule has 2 aromatic rings. The first kappa shape index (κ1) is 12.1. The second-order valence-electron chi connectivity index (χ2n) is 3.97. The van der Waals surface area contributed by atoms with Gasteiger partial charge in [-0.1, -0.05) is 23.7 Å². The van der Waals surface area contributed by atoms with E-state index >= 15 is 0 Å². The minimum atomic E-state index is 0.647. The van der Waals surface area contributed by atoms with Crippen molar-refractivity contribution in [3.63, 3.8) is 0 Å². The molecule has 17 heavy (non-hydrogen) atoms. The Bertz CT molecular complexity index is 508. The van der Waals surface area contributed by atoms with E-state index in [9.17, 15) is 0 Å². The lowest BCUT2D eigenvalue weighted by Crippen LogP contribution is -2.00. The quantitative estimate of drug-likeness (QED) is 0.907. The fourth-order valence-corrected chi connectivity index (χ4v) is 1.74. The van der Waals surface area contributed by atoms with Crippen molar-refractivity contribution in [1.29, 1.82) is 0 Å². The summed E-state index contributed by atoms with van der Waals surface area (Å²) >= 11 is 6.08. The average Bonchev–Trinajstić information content (AvgIpc) is 2.79. The number of oxazole rings is 1. The molecule has 0 aliphatic carbocycles. The monoisotopic (exact) mass is 250 g/mol. The van der Waals surface area contributed by atoms with E-state index in [2.05, 4.69) is 4.98 Å². The zero-order valence-electron chi connectivity index (χ0n) is 9.74. The fourth-order valence-electron chi connectivity index (χ4n) is 1.56. The van der Waals surface area contributed by atoms with Crippen LogP contribution >= 0.6 is 11.6 Å². The van der Waals surface area contributed by atoms with E-state index in [1.165, 1.54) is 0 Å². The second kappa shape index (κ2) is 5.34. The zero-order chi connectivity index (χ0) is 12.3. The molecule has 0 aliphatic heterocycles. The molecule has 90 valence electrons. The summed E-state index contributed by atoms with van der Waals surface area (Å²) in [6.45, 7) is 2.62. The Morgan fingerprint density at radius 3 is 2.94 bits per heavy atom. The van der Waals surface area contributed by atoms with Gasteiger partial charge in [0.1, 0.15) is 0 Å². The molecule has 1 aromatic heterocycles. The van der Waals surface area contributed by atoms with Crippen LogP contribution in [0.5, 0.6) is 0 Å². The first-order valence-corrected chi connectivity index (χ1v) is 6.00. The Balaban J connectivity index is 2.21. The molecular formula is C13H15ClN2O. The van der Waals surface area contributed by atoms with E-state index in [1.54, 1.807) is 6.20 Å². The van der Waals surface area contributed by atoms with Crippen LogP contribution in [0.4, 0.5) is 0 Å². The molecule has 0 saturated carbocycles. The van der Waals surface area contributed by atoms with E-state index in [0.29, 0.717) is 6.54 Å². The van der Waals surface area contributed by atoms with Crippen LogP contribution in [0.15, 0.2) is 28.8 Å². The van der Waals surface area contributed by atoms with Gasteiger partial charge in [-0.05, 0) is 31.5 Å². The smallest absolute Gasteiger partial charge is 0.194 e. The molecule has 3 nitrogen and oxygen atoms in total. The third-order valence-electron chi connectivity index (χ3n) is 2.60. The normalized spacial score (nSPS) is 10.8. The third kappa shape index (κ3) is 2.87. The lowest BCUT2D eigenvalue weighted by molar-refractivity contribution is 0.499. The van der Waals surface area contributed by atoms with Crippen LogP contribution in [-0.4, -0.2) is 11.5 Å². The number of aryl methyl sites for hydroxylation is 2. The highest BCUT2D eigenvalue weighted by Crippen LogP contribution is 2.25. The number of rotatable bonds is 4. The SMILES string of the molecule is Cc1ccc(-c2cnc(CCCN)o2)cc1Cl. The summed E-state index contributed by atoms with van der Waals surface area (Å²) in [4.78, 5) is 4.22. The molecule has 0 saturated heterocycles. The molecule has 0 radical (unpaired) electrons. The number of aromatic nitrogens is 1. The van der Waals surface area contributed by atoms with Gasteiger partial charge in [0.25, 0.3) is 0 Å². The molecule has 0 bridgehead atoms. The van der Waals surface area contributed by atoms with Crippen LogP contribution < -0.4 is 5.73 Å². The lowest BCUT2D eigenvalue weighted by Gasteiger charge is -2.00. The van der Waals surface area contributed by atoms with Crippen molar-refractivity contribution in [2.24, 2.45) is 5.73 Å². The molecule has 2 rings (SSSR count). The van der Waals surface area contributed by atoms with Gasteiger partial charge in [-0.25, -0.2) is 4.98 Å². The second-order valence-corrected chi connectivity index (χ2v) is 4.38. The summed E-state index contributed by atoms with van der Waals surface area (Å²) < 4.78 is 5.64. The molecule has 0 fully saturated rings. The maximum Gasteiger partial charge on any atom is 0.194 e. The first-order valence-electron chi connectivity index (χ1n) is 5.62. The minimum absolute atomic E-state index is 0.647. The predicted octanol–water partition coefficient (Wildman–Crippen LogP) is 3.19. The topological polar surface area (TPSA) is 52.0 Å². The highest BCUT2D eigenvalue weighted by atomic mass is 35.5. The van der Waals surface area contributed by atoms with Crippen molar-refractivity contribution in [2.45, 2.75) is 19.8 Å². The average molecular weight is 251 g/mol. The third-order valence-corrected chi connectivity index (χ3v) is 3.01. The highest BCUT2D eigenvalue weighted by Gasteiger charge is 2.07. The summed E-state index contributed by atoms with van der Waals surface area (Å²) in [5.74, 6) is 1.47. The number of hydrogen-bond acceptors (Lipinski definition) is 3. The maximum atomic E-state index is 6.08. The number of nitrogens with zero attached hydrogens (tertiary/aromatic N) is 1. The molecule has 4 heteroatoms. The van der Waals surface area contributed by atoms with Crippen molar-refractivity contribution < 1.29 is 4.42 Å². The Morgan fingerprint density at radius 1 is 1.41 bits per heavy atom. The molecular weight excluding hydrogens is 236 g/mol. The van der Waals surface area contributed by atoms with Gasteiger partial charge in [-0.2, -0.15) is 0 Å². The zero-order valence-corrected chi connectivity index (χ0v) is 10.5. The molecule has 0 atom stereocenters. The maximum absolute atomic E-state index is 6.08. The van der Waals surface area contributed by atoms with Crippen molar-refractivity contribution in [1.82, 2.24) is 4.98 Å². The lowest BCUT2D eigenvalue weighted by atomic mass is 10.1. The Labute approximate surface area is 106 Å². The van der Waals surface area contributed by atoms with Gasteiger partial charge < -0.3 is 10.2 Å². The van der Waals surface area contributed by atoms with Crippen LogP contribution in [0.1, 0.15) is 17.9 Å². The summed E-state index contributed by atoms with van der Waals surface area (Å²) in [5.41, 5.74) is 7.45. The Kier molecular flexibility index (Phi) is 3.82. The number of nitrogens with two attached hydrogens (primary N) is 1. The molecule has 0 aliphatic rings. The Hall–Kier alpha value is -1.32. The van der Waals surface area contributed by atoms with Gasteiger partial charge in [-0.15, -0.1) is 0 Å². The van der Waals surface area contributed by atoms with Crippen LogP contribution in [0.3, 0.4) is 0 Å². The predicted molar refractivity (Wildman–Crippen MR) is 69.1 cm³/mol. The minimum Gasteiger partial charge on any atom is -0.441 e. The molecule has 0 unspecified atom stereocenters. The van der Waals surface area contributed by atoms with E-state index in [0.717, 1.165) is 40.6 Å². The van der Waals surface area contributed by atoms with Gasteiger partial charge in [-0.3, -0.25) is 0 Å². The number of benzene rings is 1. The van der Waals surface area contributed by atoms with E-state index < -0.39 is 0 Å². The van der Waals surface area contributed by atoms with Crippen LogP contribution in [0.25, 0.3) is 11.3 Å². The fraction of sp³-hybridized carbons (Fsp3) is 0.308. The van der Waals surface area contributed by atoms with Gasteiger partial charge >= 0.3 is 0 Å². The largest absolute Gasteiger partial charge is 0.441 e. The first-order chi connectivity index (χ1) is 8.20. The van der Waals surface area contributed by atoms with Crippen molar-refractivity contribution >= 4 is 11.6 Å². The summed E-state index contributed by atoms with van der Waals surface area (Å²) in [7, 11) is 0. The van der Waals surface area contributed by atoms with Crippen molar-refractivity contribution in [2.75, 3.05) is 6.54 Å². The van der Waals surface area contributed by atoms with E-state index in [4.69, 9.17) is 21.8 Å². The highest BCUT2D eigenvalue weighted by molar-refractivity contribution is 6.31. The van der Waals surface area contributed by atoms with Crippen molar-refractivity contribution in [3.05, 3.63) is 40.9 Å².